The summed E-state index contributed by atoms with van der Waals surface area (Å²) in [5, 5.41) is 4.80. The largest absolute Gasteiger partial charge is 0.487 e. The van der Waals surface area contributed by atoms with Gasteiger partial charge in [-0.05, 0) is 37.7 Å². The van der Waals surface area contributed by atoms with Gasteiger partial charge in [0.2, 0.25) is 0 Å². The highest BCUT2D eigenvalue weighted by molar-refractivity contribution is 6.35. The van der Waals surface area contributed by atoms with Crippen LogP contribution in [0.15, 0.2) is 30.5 Å². The van der Waals surface area contributed by atoms with Gasteiger partial charge in [0, 0.05) is 18.1 Å². The van der Waals surface area contributed by atoms with Crippen LogP contribution in [0.4, 0.5) is 0 Å². The minimum atomic E-state index is 0.154. The second kappa shape index (κ2) is 6.73. The van der Waals surface area contributed by atoms with Gasteiger partial charge in [0.25, 0.3) is 0 Å². The van der Waals surface area contributed by atoms with E-state index < -0.39 is 0 Å². The van der Waals surface area contributed by atoms with Crippen LogP contribution in [0.2, 0.25) is 5.02 Å². The summed E-state index contributed by atoms with van der Waals surface area (Å²) >= 11 is 6.18. The highest BCUT2D eigenvalue weighted by Crippen LogP contribution is 2.30. The molecule has 1 aromatic heterocycles. The lowest BCUT2D eigenvalue weighted by Crippen LogP contribution is -2.29. The minimum absolute atomic E-state index is 0.154. The number of nitrogens with one attached hydrogen (secondary N) is 1. The maximum atomic E-state index is 6.18. The third-order valence-electron chi connectivity index (χ3n) is 3.02. The number of pyridine rings is 1. The highest BCUT2D eigenvalue weighted by atomic mass is 35.5. The van der Waals surface area contributed by atoms with E-state index in [1.54, 1.807) is 6.20 Å². The average Bonchev–Trinajstić information content (AvgIpc) is 2.43. The molecule has 0 saturated carbocycles. The highest BCUT2D eigenvalue weighted by Gasteiger charge is 2.12. The van der Waals surface area contributed by atoms with Gasteiger partial charge in [-0.15, -0.1) is 0 Å². The summed E-state index contributed by atoms with van der Waals surface area (Å²) in [6.45, 7) is 2.98. The Hall–Kier alpha value is -1.32. The van der Waals surface area contributed by atoms with Crippen molar-refractivity contribution in [2.75, 3.05) is 13.6 Å². The monoisotopic (exact) mass is 278 g/mol. The predicted molar refractivity (Wildman–Crippen MR) is 80.0 cm³/mol. The van der Waals surface area contributed by atoms with Crippen molar-refractivity contribution in [2.24, 2.45) is 0 Å². The van der Waals surface area contributed by atoms with E-state index in [4.69, 9.17) is 16.3 Å². The number of ether oxygens (including phenoxy) is 1. The summed E-state index contributed by atoms with van der Waals surface area (Å²) in [6.07, 6.45) is 4.02. The van der Waals surface area contributed by atoms with Crippen LogP contribution in [0.3, 0.4) is 0 Å². The van der Waals surface area contributed by atoms with E-state index in [1.807, 2.05) is 31.3 Å². The lowest BCUT2D eigenvalue weighted by Gasteiger charge is -2.19. The Bertz CT molecular complexity index is 539. The molecule has 0 bridgehead atoms. The quantitative estimate of drug-likeness (QED) is 0.876. The fraction of sp³-hybridized carbons (Fsp3) is 0.400. The van der Waals surface area contributed by atoms with E-state index in [0.29, 0.717) is 5.02 Å². The van der Waals surface area contributed by atoms with Crippen LogP contribution in [0, 0.1) is 0 Å². The summed E-state index contributed by atoms with van der Waals surface area (Å²) in [4.78, 5) is 4.39. The van der Waals surface area contributed by atoms with Gasteiger partial charge in [0.15, 0.2) is 0 Å². The predicted octanol–water partition coefficient (Wildman–Crippen LogP) is 3.66. The first-order chi connectivity index (χ1) is 9.26. The Kier molecular flexibility index (Phi) is 5.00. The molecule has 0 fully saturated rings. The molecule has 0 aliphatic heterocycles. The van der Waals surface area contributed by atoms with Gasteiger partial charge in [-0.1, -0.05) is 24.9 Å². The van der Waals surface area contributed by atoms with Crippen LogP contribution in [0.25, 0.3) is 10.9 Å². The first-order valence-electron chi connectivity index (χ1n) is 6.60. The molecule has 102 valence electrons. The lowest BCUT2D eigenvalue weighted by molar-refractivity contribution is 0.191. The number of hydrogen-bond acceptors (Lipinski definition) is 3. The van der Waals surface area contributed by atoms with Crippen LogP contribution in [0.5, 0.6) is 5.75 Å². The summed E-state index contributed by atoms with van der Waals surface area (Å²) in [6, 6.07) is 7.61. The molecular weight excluding hydrogens is 260 g/mol. The first-order valence-corrected chi connectivity index (χ1v) is 6.98. The number of likely N-dealkylation sites (N-methyl/N-ethyl adjacent to an activating group) is 1. The zero-order valence-electron chi connectivity index (χ0n) is 11.3. The van der Waals surface area contributed by atoms with E-state index in [9.17, 15) is 0 Å². The molecule has 3 nitrogen and oxygen atoms in total. The molecule has 1 N–H and O–H groups in total. The number of hydrogen-bond donors (Lipinski definition) is 1. The van der Waals surface area contributed by atoms with Gasteiger partial charge in [0.1, 0.15) is 17.4 Å². The summed E-state index contributed by atoms with van der Waals surface area (Å²) in [5.74, 6) is 0.800. The molecule has 19 heavy (non-hydrogen) atoms. The molecule has 0 radical (unpaired) electrons. The molecule has 1 heterocycles. The van der Waals surface area contributed by atoms with Crippen LogP contribution in [-0.4, -0.2) is 24.7 Å². The zero-order valence-corrected chi connectivity index (χ0v) is 12.1. The van der Waals surface area contributed by atoms with Crippen molar-refractivity contribution in [3.05, 3.63) is 35.5 Å². The molecule has 0 saturated heterocycles. The van der Waals surface area contributed by atoms with Crippen molar-refractivity contribution >= 4 is 22.5 Å². The second-order valence-electron chi connectivity index (χ2n) is 4.53. The molecule has 2 aromatic rings. The molecule has 1 atom stereocenters. The number of benzene rings is 1. The summed E-state index contributed by atoms with van der Waals surface area (Å²) in [7, 11) is 1.93. The van der Waals surface area contributed by atoms with E-state index in [2.05, 4.69) is 17.2 Å². The lowest BCUT2D eigenvalue weighted by atomic mass is 10.2. The van der Waals surface area contributed by atoms with E-state index in [1.165, 1.54) is 0 Å². The fourth-order valence-electron chi connectivity index (χ4n) is 2.14. The van der Waals surface area contributed by atoms with Crippen molar-refractivity contribution in [3.63, 3.8) is 0 Å². The first kappa shape index (κ1) is 14.1. The Morgan fingerprint density at radius 1 is 1.37 bits per heavy atom. The van der Waals surface area contributed by atoms with E-state index >= 15 is 0 Å². The zero-order chi connectivity index (χ0) is 13.7. The van der Waals surface area contributed by atoms with Crippen molar-refractivity contribution < 1.29 is 4.74 Å². The Balaban J connectivity index is 2.31. The van der Waals surface area contributed by atoms with Crippen LogP contribution >= 0.6 is 11.6 Å². The van der Waals surface area contributed by atoms with Crippen LogP contribution in [-0.2, 0) is 0 Å². The molecular formula is C15H19ClN2O. The van der Waals surface area contributed by atoms with Crippen molar-refractivity contribution in [3.8, 4) is 5.75 Å². The van der Waals surface area contributed by atoms with Gasteiger partial charge >= 0.3 is 0 Å². The van der Waals surface area contributed by atoms with Crippen LogP contribution < -0.4 is 10.1 Å². The minimum Gasteiger partial charge on any atom is -0.487 e. The maximum absolute atomic E-state index is 6.18. The van der Waals surface area contributed by atoms with Gasteiger partial charge in [-0.25, -0.2) is 0 Å². The van der Waals surface area contributed by atoms with Gasteiger partial charge in [-0.3, -0.25) is 4.98 Å². The number of halogens is 1. The van der Waals surface area contributed by atoms with Gasteiger partial charge in [0.05, 0.1) is 5.02 Å². The Morgan fingerprint density at radius 3 is 2.95 bits per heavy atom. The molecule has 0 amide bonds. The Labute approximate surface area is 118 Å². The number of aromatic nitrogens is 1. The standard InChI is InChI=1S/C15H19ClN2O/c1-3-5-11(10-17-2)19-14-8-7-13(16)12-6-4-9-18-15(12)14/h4,6-9,11,17H,3,5,10H2,1-2H3. The Morgan fingerprint density at radius 2 is 2.21 bits per heavy atom. The molecule has 1 unspecified atom stereocenters. The second-order valence-corrected chi connectivity index (χ2v) is 4.94. The van der Waals surface area contributed by atoms with Crippen molar-refractivity contribution in [2.45, 2.75) is 25.9 Å². The molecule has 0 aliphatic rings. The topological polar surface area (TPSA) is 34.1 Å². The number of fused-ring (bicyclic) bond motifs is 1. The van der Waals surface area contributed by atoms with Gasteiger partial charge in [-0.2, -0.15) is 0 Å². The normalized spacial score (nSPS) is 12.6. The molecule has 4 heteroatoms. The fourth-order valence-corrected chi connectivity index (χ4v) is 2.35. The molecule has 1 aromatic carbocycles. The average molecular weight is 279 g/mol. The summed E-state index contributed by atoms with van der Waals surface area (Å²) < 4.78 is 6.08. The third-order valence-corrected chi connectivity index (χ3v) is 3.35. The van der Waals surface area contributed by atoms with Crippen molar-refractivity contribution in [1.82, 2.24) is 10.3 Å². The van der Waals surface area contributed by atoms with E-state index in [0.717, 1.165) is 36.0 Å². The molecule has 0 aliphatic carbocycles. The molecule has 0 spiro atoms. The number of rotatable bonds is 6. The van der Waals surface area contributed by atoms with Crippen molar-refractivity contribution in [1.29, 1.82) is 0 Å². The third kappa shape index (κ3) is 3.37. The van der Waals surface area contributed by atoms with Gasteiger partial charge < -0.3 is 10.1 Å². The number of nitrogens with zero attached hydrogens (tertiary/aromatic N) is 1. The van der Waals surface area contributed by atoms with Crippen LogP contribution in [0.1, 0.15) is 19.8 Å². The maximum Gasteiger partial charge on any atom is 0.146 e. The van der Waals surface area contributed by atoms with E-state index in [-0.39, 0.29) is 6.10 Å². The molecule has 2 rings (SSSR count). The SMILES string of the molecule is CCCC(CNC)Oc1ccc(Cl)c2cccnc12. The smallest absolute Gasteiger partial charge is 0.146 e. The summed E-state index contributed by atoms with van der Waals surface area (Å²) in [5.41, 5.74) is 0.826.